The molecule has 2 nitrogen and oxygen atoms in total. The van der Waals surface area contributed by atoms with E-state index >= 15 is 0 Å². The van der Waals surface area contributed by atoms with Crippen molar-refractivity contribution in [3.05, 3.63) is 76.6 Å². The standard InChI is InChI=1S/C16H11FO2/c17-13-3-1-2-10(9-13)14-6-4-11-8-12(16(18)19)5-7-15(11)14/h1-3,5-9H,4H2,(H,18,19). The fraction of sp³-hybridized carbons (Fsp3) is 0.0625. The highest BCUT2D eigenvalue weighted by atomic mass is 19.1. The van der Waals surface area contributed by atoms with Gasteiger partial charge in [-0.1, -0.05) is 24.3 Å². The predicted octanol–water partition coefficient (Wildman–Crippen LogP) is 3.51. The number of aromatic carboxylic acids is 1. The van der Waals surface area contributed by atoms with Gasteiger partial charge >= 0.3 is 5.97 Å². The first-order valence-corrected chi connectivity index (χ1v) is 5.98. The highest BCUT2D eigenvalue weighted by Gasteiger charge is 2.17. The minimum Gasteiger partial charge on any atom is -0.478 e. The van der Waals surface area contributed by atoms with Gasteiger partial charge in [-0.2, -0.15) is 0 Å². The van der Waals surface area contributed by atoms with Crippen molar-refractivity contribution in [2.24, 2.45) is 0 Å². The van der Waals surface area contributed by atoms with E-state index in [4.69, 9.17) is 5.11 Å². The number of carboxylic acids is 1. The van der Waals surface area contributed by atoms with E-state index in [1.165, 1.54) is 12.1 Å². The van der Waals surface area contributed by atoms with Crippen LogP contribution in [-0.2, 0) is 6.42 Å². The van der Waals surface area contributed by atoms with Gasteiger partial charge in [0.2, 0.25) is 0 Å². The second kappa shape index (κ2) is 4.35. The van der Waals surface area contributed by atoms with Crippen molar-refractivity contribution in [1.29, 1.82) is 0 Å². The molecule has 0 amide bonds. The molecule has 3 heteroatoms. The van der Waals surface area contributed by atoms with Crippen LogP contribution in [0.1, 0.15) is 27.0 Å². The molecular weight excluding hydrogens is 243 g/mol. The second-order valence-corrected chi connectivity index (χ2v) is 4.51. The average Bonchev–Trinajstić information content (AvgIpc) is 2.81. The Morgan fingerprint density at radius 3 is 2.74 bits per heavy atom. The van der Waals surface area contributed by atoms with Crippen LogP contribution in [0.5, 0.6) is 0 Å². The summed E-state index contributed by atoms with van der Waals surface area (Å²) in [6.45, 7) is 0. The number of hydrogen-bond donors (Lipinski definition) is 1. The summed E-state index contributed by atoms with van der Waals surface area (Å²) < 4.78 is 13.3. The Bertz CT molecular complexity index is 702. The maximum absolute atomic E-state index is 13.3. The maximum Gasteiger partial charge on any atom is 0.335 e. The summed E-state index contributed by atoms with van der Waals surface area (Å²) in [5.74, 6) is -1.20. The third-order valence-corrected chi connectivity index (χ3v) is 3.30. The first-order valence-electron chi connectivity index (χ1n) is 5.98. The summed E-state index contributed by atoms with van der Waals surface area (Å²) in [6.07, 6.45) is 2.69. The molecule has 2 aromatic rings. The van der Waals surface area contributed by atoms with Gasteiger partial charge in [0.25, 0.3) is 0 Å². The highest BCUT2D eigenvalue weighted by molar-refractivity contribution is 5.91. The Hall–Kier alpha value is -2.42. The van der Waals surface area contributed by atoms with Crippen molar-refractivity contribution in [1.82, 2.24) is 0 Å². The number of hydrogen-bond acceptors (Lipinski definition) is 1. The SMILES string of the molecule is O=C(O)c1ccc2c(c1)CC=C2c1cccc(F)c1. The normalized spacial score (nSPS) is 13.0. The molecule has 0 bridgehead atoms. The third-order valence-electron chi connectivity index (χ3n) is 3.30. The lowest BCUT2D eigenvalue weighted by molar-refractivity contribution is 0.0697. The van der Waals surface area contributed by atoms with Gasteiger partial charge in [0.05, 0.1) is 5.56 Å². The minimum absolute atomic E-state index is 0.269. The van der Waals surface area contributed by atoms with E-state index in [1.807, 2.05) is 12.1 Å². The smallest absolute Gasteiger partial charge is 0.335 e. The summed E-state index contributed by atoms with van der Waals surface area (Å²) in [5, 5.41) is 8.97. The van der Waals surface area contributed by atoms with Crippen LogP contribution in [0.3, 0.4) is 0 Å². The van der Waals surface area contributed by atoms with Gasteiger partial charge in [-0.3, -0.25) is 0 Å². The van der Waals surface area contributed by atoms with Crippen molar-refractivity contribution in [2.75, 3.05) is 0 Å². The molecule has 0 spiro atoms. The quantitative estimate of drug-likeness (QED) is 0.890. The molecule has 94 valence electrons. The molecule has 0 aromatic heterocycles. The molecule has 0 aliphatic heterocycles. The number of fused-ring (bicyclic) bond motifs is 1. The zero-order valence-electron chi connectivity index (χ0n) is 10.1. The van der Waals surface area contributed by atoms with Crippen LogP contribution in [0.25, 0.3) is 5.57 Å². The molecule has 2 aromatic carbocycles. The molecule has 1 aliphatic carbocycles. The Kier molecular flexibility index (Phi) is 2.67. The number of allylic oxidation sites excluding steroid dienone is 1. The van der Waals surface area contributed by atoms with Crippen LogP contribution < -0.4 is 0 Å². The maximum atomic E-state index is 13.3. The Morgan fingerprint density at radius 2 is 2.00 bits per heavy atom. The number of halogens is 1. The molecule has 0 unspecified atom stereocenters. The van der Waals surface area contributed by atoms with Crippen molar-refractivity contribution < 1.29 is 14.3 Å². The number of carboxylic acid groups (broad SMARTS) is 1. The van der Waals surface area contributed by atoms with Crippen LogP contribution in [0, 0.1) is 5.82 Å². The predicted molar refractivity (Wildman–Crippen MR) is 70.6 cm³/mol. The second-order valence-electron chi connectivity index (χ2n) is 4.51. The van der Waals surface area contributed by atoms with E-state index < -0.39 is 5.97 Å². The summed E-state index contributed by atoms with van der Waals surface area (Å²) in [5.41, 5.74) is 4.02. The van der Waals surface area contributed by atoms with Crippen molar-refractivity contribution in [3.8, 4) is 0 Å². The monoisotopic (exact) mass is 254 g/mol. The molecule has 3 rings (SSSR count). The summed E-state index contributed by atoms with van der Waals surface area (Å²) in [6, 6.07) is 11.5. The molecule has 0 saturated heterocycles. The molecule has 0 fully saturated rings. The lowest BCUT2D eigenvalue weighted by Crippen LogP contribution is -1.98. The molecule has 0 atom stereocenters. The van der Waals surface area contributed by atoms with E-state index in [0.717, 1.165) is 22.3 Å². The zero-order chi connectivity index (χ0) is 13.4. The van der Waals surface area contributed by atoms with E-state index in [-0.39, 0.29) is 11.4 Å². The highest BCUT2D eigenvalue weighted by Crippen LogP contribution is 2.33. The number of carbonyl (C=O) groups is 1. The largest absolute Gasteiger partial charge is 0.478 e. The van der Waals surface area contributed by atoms with Crippen molar-refractivity contribution in [2.45, 2.75) is 6.42 Å². The summed E-state index contributed by atoms with van der Waals surface area (Å²) in [7, 11) is 0. The van der Waals surface area contributed by atoms with Gasteiger partial charge in [-0.15, -0.1) is 0 Å². The Balaban J connectivity index is 2.04. The van der Waals surface area contributed by atoms with Crippen LogP contribution in [0.15, 0.2) is 48.5 Å². The van der Waals surface area contributed by atoms with Gasteiger partial charge in [-0.25, -0.2) is 9.18 Å². The fourth-order valence-electron chi connectivity index (χ4n) is 2.41. The summed E-state index contributed by atoms with van der Waals surface area (Å²) in [4.78, 5) is 10.9. The van der Waals surface area contributed by atoms with E-state index in [2.05, 4.69) is 0 Å². The van der Waals surface area contributed by atoms with Gasteiger partial charge < -0.3 is 5.11 Å². The van der Waals surface area contributed by atoms with E-state index in [0.29, 0.717) is 6.42 Å². The van der Waals surface area contributed by atoms with Crippen LogP contribution in [0.2, 0.25) is 0 Å². The van der Waals surface area contributed by atoms with Crippen LogP contribution >= 0.6 is 0 Å². The topological polar surface area (TPSA) is 37.3 Å². The van der Waals surface area contributed by atoms with Gasteiger partial charge in [0.15, 0.2) is 0 Å². The van der Waals surface area contributed by atoms with Gasteiger partial charge in [0.1, 0.15) is 5.82 Å². The molecular formula is C16H11FO2. The van der Waals surface area contributed by atoms with E-state index in [9.17, 15) is 9.18 Å². The van der Waals surface area contributed by atoms with Crippen molar-refractivity contribution in [3.63, 3.8) is 0 Å². The minimum atomic E-state index is -0.929. The van der Waals surface area contributed by atoms with Gasteiger partial charge in [-0.05, 0) is 52.9 Å². The Morgan fingerprint density at radius 1 is 1.16 bits per heavy atom. The average molecular weight is 254 g/mol. The number of benzene rings is 2. The van der Waals surface area contributed by atoms with Gasteiger partial charge in [0, 0.05) is 0 Å². The zero-order valence-corrected chi connectivity index (χ0v) is 10.1. The lowest BCUT2D eigenvalue weighted by Gasteiger charge is -2.07. The lowest BCUT2D eigenvalue weighted by atomic mass is 9.98. The van der Waals surface area contributed by atoms with Crippen molar-refractivity contribution >= 4 is 11.5 Å². The molecule has 1 N–H and O–H groups in total. The third kappa shape index (κ3) is 2.03. The molecule has 0 saturated carbocycles. The van der Waals surface area contributed by atoms with Crippen LogP contribution in [0.4, 0.5) is 4.39 Å². The molecule has 0 radical (unpaired) electrons. The first kappa shape index (κ1) is 11.7. The molecule has 1 aliphatic rings. The fourth-order valence-corrected chi connectivity index (χ4v) is 2.41. The van der Waals surface area contributed by atoms with E-state index in [1.54, 1.807) is 24.3 Å². The molecule has 0 heterocycles. The van der Waals surface area contributed by atoms with Crippen LogP contribution in [-0.4, -0.2) is 11.1 Å². The first-order chi connectivity index (χ1) is 9.15. The molecule has 19 heavy (non-hydrogen) atoms. The Labute approximate surface area is 109 Å². The number of rotatable bonds is 2. The summed E-state index contributed by atoms with van der Waals surface area (Å²) >= 11 is 0.